The van der Waals surface area contributed by atoms with Crippen molar-refractivity contribution in [1.82, 2.24) is 9.80 Å². The first-order valence-electron chi connectivity index (χ1n) is 6.26. The molecule has 2 N–H and O–H groups in total. The molecular weight excluding hydrogens is 202 g/mol. The first-order chi connectivity index (χ1) is 7.58. The second-order valence-corrected chi connectivity index (χ2v) is 4.91. The molecule has 1 aliphatic heterocycles. The van der Waals surface area contributed by atoms with E-state index in [9.17, 15) is 4.79 Å². The molecule has 4 nitrogen and oxygen atoms in total. The summed E-state index contributed by atoms with van der Waals surface area (Å²) in [5.74, 6) is 0.622. The average molecular weight is 227 g/mol. The molecule has 1 heterocycles. The number of hydrogen-bond donors (Lipinski definition) is 1. The van der Waals surface area contributed by atoms with Gasteiger partial charge in [0.1, 0.15) is 0 Å². The molecule has 0 aromatic heterocycles. The molecule has 4 heteroatoms. The molecule has 1 fully saturated rings. The highest BCUT2D eigenvalue weighted by Crippen LogP contribution is 2.14. The van der Waals surface area contributed by atoms with Gasteiger partial charge in [-0.25, -0.2) is 0 Å². The Morgan fingerprint density at radius 1 is 1.50 bits per heavy atom. The van der Waals surface area contributed by atoms with Crippen LogP contribution in [0.15, 0.2) is 0 Å². The molecule has 1 amide bonds. The van der Waals surface area contributed by atoms with Crippen LogP contribution in [0.1, 0.15) is 26.7 Å². The Labute approximate surface area is 98.8 Å². The Hall–Kier alpha value is -0.610. The van der Waals surface area contributed by atoms with Crippen LogP contribution < -0.4 is 5.73 Å². The van der Waals surface area contributed by atoms with Crippen LogP contribution >= 0.6 is 0 Å². The minimum Gasteiger partial charge on any atom is -0.337 e. The van der Waals surface area contributed by atoms with Gasteiger partial charge in [-0.1, -0.05) is 13.3 Å². The van der Waals surface area contributed by atoms with Crippen molar-refractivity contribution in [3.8, 4) is 0 Å². The normalized spacial score (nSPS) is 24.5. The molecule has 0 aliphatic carbocycles. The van der Waals surface area contributed by atoms with E-state index in [2.05, 4.69) is 25.8 Å². The fourth-order valence-corrected chi connectivity index (χ4v) is 2.27. The number of rotatable bonds is 4. The molecule has 1 saturated heterocycles. The van der Waals surface area contributed by atoms with Crippen molar-refractivity contribution in [1.29, 1.82) is 0 Å². The molecule has 0 aromatic rings. The number of carbonyl (C=O) groups excluding carboxylic acids is 1. The van der Waals surface area contributed by atoms with E-state index >= 15 is 0 Å². The van der Waals surface area contributed by atoms with Crippen LogP contribution in [-0.4, -0.2) is 55.0 Å². The van der Waals surface area contributed by atoms with E-state index < -0.39 is 0 Å². The summed E-state index contributed by atoms with van der Waals surface area (Å²) in [4.78, 5) is 16.4. The second-order valence-electron chi connectivity index (χ2n) is 4.91. The molecule has 94 valence electrons. The average Bonchev–Trinajstić information content (AvgIpc) is 2.25. The van der Waals surface area contributed by atoms with Gasteiger partial charge in [0.2, 0.25) is 5.91 Å². The lowest BCUT2D eigenvalue weighted by molar-refractivity contribution is -0.136. The summed E-state index contributed by atoms with van der Waals surface area (Å²) in [7, 11) is 2.10. The summed E-state index contributed by atoms with van der Waals surface area (Å²) in [6.07, 6.45) is 1.60. The maximum absolute atomic E-state index is 12.1. The molecule has 0 saturated carbocycles. The van der Waals surface area contributed by atoms with E-state index in [4.69, 9.17) is 5.73 Å². The first-order valence-corrected chi connectivity index (χ1v) is 6.26. The van der Waals surface area contributed by atoms with Gasteiger partial charge in [-0.05, 0) is 26.4 Å². The fourth-order valence-electron chi connectivity index (χ4n) is 2.27. The molecule has 0 spiro atoms. The third-order valence-corrected chi connectivity index (χ3v) is 3.52. The molecule has 16 heavy (non-hydrogen) atoms. The summed E-state index contributed by atoms with van der Waals surface area (Å²) in [5, 5.41) is 0. The van der Waals surface area contributed by atoms with E-state index in [-0.39, 0.29) is 5.91 Å². The molecule has 2 atom stereocenters. The van der Waals surface area contributed by atoms with Gasteiger partial charge >= 0.3 is 0 Å². The zero-order valence-corrected chi connectivity index (χ0v) is 10.8. The predicted molar refractivity (Wildman–Crippen MR) is 66.1 cm³/mol. The molecular formula is C12H25N3O. The highest BCUT2D eigenvalue weighted by atomic mass is 16.2. The van der Waals surface area contributed by atoms with Crippen LogP contribution in [-0.2, 0) is 4.79 Å². The van der Waals surface area contributed by atoms with Gasteiger partial charge in [0.05, 0.1) is 0 Å². The first kappa shape index (κ1) is 13.5. The quantitative estimate of drug-likeness (QED) is 0.762. The van der Waals surface area contributed by atoms with Gasteiger partial charge in [-0.2, -0.15) is 0 Å². The molecule has 2 unspecified atom stereocenters. The van der Waals surface area contributed by atoms with E-state index in [1.54, 1.807) is 0 Å². The number of nitrogens with zero attached hydrogens (tertiary/aromatic N) is 2. The molecule has 1 aliphatic rings. The Morgan fingerprint density at radius 2 is 2.19 bits per heavy atom. The Balaban J connectivity index is 2.47. The van der Waals surface area contributed by atoms with Gasteiger partial charge in [0.25, 0.3) is 0 Å². The summed E-state index contributed by atoms with van der Waals surface area (Å²) in [6, 6.07) is 0.335. The van der Waals surface area contributed by atoms with Crippen LogP contribution in [0.4, 0.5) is 0 Å². The van der Waals surface area contributed by atoms with Crippen LogP contribution in [0.2, 0.25) is 0 Å². The third kappa shape index (κ3) is 3.46. The second kappa shape index (κ2) is 6.21. The highest BCUT2D eigenvalue weighted by molar-refractivity contribution is 5.77. The van der Waals surface area contributed by atoms with E-state index in [1.807, 2.05) is 4.90 Å². The van der Waals surface area contributed by atoms with E-state index in [0.29, 0.717) is 24.9 Å². The summed E-state index contributed by atoms with van der Waals surface area (Å²) < 4.78 is 0. The largest absolute Gasteiger partial charge is 0.337 e. The van der Waals surface area contributed by atoms with Crippen LogP contribution in [0.25, 0.3) is 0 Å². The minimum atomic E-state index is 0.276. The Morgan fingerprint density at radius 3 is 2.69 bits per heavy atom. The monoisotopic (exact) mass is 227 g/mol. The molecule has 0 bridgehead atoms. The number of hydrogen-bond acceptors (Lipinski definition) is 3. The minimum absolute atomic E-state index is 0.276. The number of carbonyl (C=O) groups is 1. The Kier molecular flexibility index (Phi) is 5.22. The lowest BCUT2D eigenvalue weighted by Crippen LogP contribution is -2.53. The van der Waals surface area contributed by atoms with Gasteiger partial charge < -0.3 is 15.5 Å². The van der Waals surface area contributed by atoms with E-state index in [0.717, 1.165) is 26.1 Å². The number of nitrogens with two attached hydrogens (primary N) is 1. The predicted octanol–water partition coefficient (Wildman–Crippen LogP) is 0.524. The number of piperazine rings is 1. The van der Waals surface area contributed by atoms with Gasteiger partial charge in [-0.15, -0.1) is 0 Å². The molecule has 1 rings (SSSR count). The SMILES string of the molecule is CCC(CN)CC(=O)N1CCN(C)CC1C. The maximum Gasteiger partial charge on any atom is 0.223 e. The summed E-state index contributed by atoms with van der Waals surface area (Å²) in [6.45, 7) is 7.65. The van der Waals surface area contributed by atoms with Crippen molar-refractivity contribution in [2.75, 3.05) is 33.2 Å². The number of likely N-dealkylation sites (N-methyl/N-ethyl adjacent to an activating group) is 1. The van der Waals surface area contributed by atoms with Crippen molar-refractivity contribution < 1.29 is 4.79 Å². The topological polar surface area (TPSA) is 49.6 Å². The molecule has 0 radical (unpaired) electrons. The molecule has 0 aromatic carbocycles. The number of amides is 1. The van der Waals surface area contributed by atoms with Gasteiger partial charge in [0, 0.05) is 32.1 Å². The van der Waals surface area contributed by atoms with E-state index in [1.165, 1.54) is 0 Å². The van der Waals surface area contributed by atoms with Crippen LogP contribution in [0.5, 0.6) is 0 Å². The lowest BCUT2D eigenvalue weighted by Gasteiger charge is -2.38. The van der Waals surface area contributed by atoms with Crippen molar-refractivity contribution in [3.05, 3.63) is 0 Å². The Bertz CT molecular complexity index is 228. The van der Waals surface area contributed by atoms with Crippen LogP contribution in [0, 0.1) is 5.92 Å². The van der Waals surface area contributed by atoms with Crippen molar-refractivity contribution in [2.45, 2.75) is 32.7 Å². The lowest BCUT2D eigenvalue weighted by atomic mass is 10.0. The van der Waals surface area contributed by atoms with Crippen LogP contribution in [0.3, 0.4) is 0 Å². The smallest absolute Gasteiger partial charge is 0.223 e. The zero-order chi connectivity index (χ0) is 12.1. The fraction of sp³-hybridized carbons (Fsp3) is 0.917. The maximum atomic E-state index is 12.1. The summed E-state index contributed by atoms with van der Waals surface area (Å²) >= 11 is 0. The van der Waals surface area contributed by atoms with Crippen molar-refractivity contribution in [2.24, 2.45) is 11.7 Å². The summed E-state index contributed by atoms with van der Waals surface area (Å²) in [5.41, 5.74) is 5.64. The highest BCUT2D eigenvalue weighted by Gasteiger charge is 2.26. The zero-order valence-electron chi connectivity index (χ0n) is 10.8. The van der Waals surface area contributed by atoms with Gasteiger partial charge in [0.15, 0.2) is 0 Å². The van der Waals surface area contributed by atoms with Crippen molar-refractivity contribution in [3.63, 3.8) is 0 Å². The standard InChI is InChI=1S/C12H25N3O/c1-4-11(8-13)7-12(16)15-6-5-14(3)9-10(15)2/h10-11H,4-9,13H2,1-3H3. The third-order valence-electron chi connectivity index (χ3n) is 3.52. The van der Waals surface area contributed by atoms with Crippen molar-refractivity contribution >= 4 is 5.91 Å². The van der Waals surface area contributed by atoms with Gasteiger partial charge in [-0.3, -0.25) is 4.79 Å².